The van der Waals surface area contributed by atoms with Crippen molar-refractivity contribution in [1.29, 1.82) is 0 Å². The fourth-order valence-corrected chi connectivity index (χ4v) is 2.99. The molecular formula is C19H20N4OS. The molecule has 0 amide bonds. The van der Waals surface area contributed by atoms with E-state index >= 15 is 0 Å². The van der Waals surface area contributed by atoms with Gasteiger partial charge in [-0.15, -0.1) is 10.2 Å². The van der Waals surface area contributed by atoms with E-state index in [0.29, 0.717) is 6.61 Å². The summed E-state index contributed by atoms with van der Waals surface area (Å²) in [4.78, 5) is 0. The summed E-state index contributed by atoms with van der Waals surface area (Å²) in [5.41, 5.74) is 2.17. The molecule has 3 aromatic rings. The van der Waals surface area contributed by atoms with E-state index in [2.05, 4.69) is 34.4 Å². The van der Waals surface area contributed by atoms with Crippen LogP contribution >= 0.6 is 11.8 Å². The zero-order valence-corrected chi connectivity index (χ0v) is 14.9. The molecule has 3 rings (SSSR count). The summed E-state index contributed by atoms with van der Waals surface area (Å²) < 4.78 is 7.44. The fraction of sp³-hybridized carbons (Fsp3) is 0.211. The first kappa shape index (κ1) is 17.2. The van der Waals surface area contributed by atoms with Gasteiger partial charge in [-0.2, -0.15) is 9.78 Å². The van der Waals surface area contributed by atoms with Crippen molar-refractivity contribution in [3.63, 3.8) is 0 Å². The van der Waals surface area contributed by atoms with Gasteiger partial charge in [0.05, 0.1) is 12.8 Å². The lowest BCUT2D eigenvalue weighted by Crippen LogP contribution is -1.99. The highest BCUT2D eigenvalue weighted by molar-refractivity contribution is 7.98. The number of rotatable bonds is 8. The lowest BCUT2D eigenvalue weighted by molar-refractivity contribution is 0.317. The van der Waals surface area contributed by atoms with Gasteiger partial charge < -0.3 is 4.74 Å². The quantitative estimate of drug-likeness (QED) is 0.449. The standard InChI is InChI=1S/C19H20N4OS/c1-2-12-24-18-11-7-6-10-17(18)13-21-23-15-20-22-19(23)25-14-16-8-4-3-5-9-16/h3-11,13,15H,2,12,14H2,1H3/b21-13-. The zero-order valence-electron chi connectivity index (χ0n) is 14.1. The van der Waals surface area contributed by atoms with Crippen molar-refractivity contribution in [1.82, 2.24) is 14.9 Å². The lowest BCUT2D eigenvalue weighted by Gasteiger charge is -2.07. The first-order valence-electron chi connectivity index (χ1n) is 8.19. The van der Waals surface area contributed by atoms with Gasteiger partial charge in [-0.05, 0) is 24.1 Å². The summed E-state index contributed by atoms with van der Waals surface area (Å²) in [6.45, 7) is 2.78. The third-order valence-corrected chi connectivity index (χ3v) is 4.42. The molecule has 0 saturated heterocycles. The fourth-order valence-electron chi connectivity index (χ4n) is 2.17. The predicted octanol–water partition coefficient (Wildman–Crippen LogP) is 4.24. The van der Waals surface area contributed by atoms with Crippen molar-refractivity contribution in [3.8, 4) is 5.75 Å². The van der Waals surface area contributed by atoms with E-state index in [1.54, 1.807) is 29.0 Å². The molecule has 0 aliphatic rings. The van der Waals surface area contributed by atoms with Crippen LogP contribution in [0.2, 0.25) is 0 Å². The van der Waals surface area contributed by atoms with E-state index < -0.39 is 0 Å². The Labute approximate surface area is 151 Å². The molecule has 0 N–H and O–H groups in total. The summed E-state index contributed by atoms with van der Waals surface area (Å²) >= 11 is 1.60. The smallest absolute Gasteiger partial charge is 0.212 e. The molecule has 128 valence electrons. The Hall–Kier alpha value is -2.60. The maximum absolute atomic E-state index is 5.75. The molecule has 0 radical (unpaired) electrons. The minimum Gasteiger partial charge on any atom is -0.493 e. The third-order valence-electron chi connectivity index (χ3n) is 3.41. The van der Waals surface area contributed by atoms with Gasteiger partial charge in [0.15, 0.2) is 0 Å². The van der Waals surface area contributed by atoms with Crippen LogP contribution in [-0.4, -0.2) is 27.7 Å². The average molecular weight is 352 g/mol. The van der Waals surface area contributed by atoms with Crippen molar-refractivity contribution >= 4 is 18.0 Å². The number of benzene rings is 2. The number of para-hydroxylation sites is 1. The second-order valence-corrected chi connectivity index (χ2v) is 6.31. The molecule has 0 spiro atoms. The lowest BCUT2D eigenvalue weighted by atomic mass is 10.2. The topological polar surface area (TPSA) is 52.3 Å². The van der Waals surface area contributed by atoms with E-state index in [0.717, 1.165) is 28.6 Å². The van der Waals surface area contributed by atoms with Crippen molar-refractivity contribution in [2.75, 3.05) is 6.61 Å². The van der Waals surface area contributed by atoms with Gasteiger partial charge in [0.1, 0.15) is 12.1 Å². The van der Waals surface area contributed by atoms with Gasteiger partial charge in [-0.1, -0.05) is 61.2 Å². The van der Waals surface area contributed by atoms with Crippen LogP contribution in [0.1, 0.15) is 24.5 Å². The molecule has 0 unspecified atom stereocenters. The van der Waals surface area contributed by atoms with Gasteiger partial charge in [0.2, 0.25) is 5.16 Å². The number of hydrogen-bond acceptors (Lipinski definition) is 5. The van der Waals surface area contributed by atoms with Crippen LogP contribution in [0, 0.1) is 0 Å². The van der Waals surface area contributed by atoms with Crippen LogP contribution in [0.4, 0.5) is 0 Å². The van der Waals surface area contributed by atoms with Crippen LogP contribution in [-0.2, 0) is 5.75 Å². The molecule has 0 bridgehead atoms. The Bertz CT molecular complexity index is 817. The van der Waals surface area contributed by atoms with Crippen molar-refractivity contribution in [3.05, 3.63) is 72.1 Å². The number of hydrogen-bond donors (Lipinski definition) is 0. The van der Waals surface area contributed by atoms with Gasteiger partial charge in [0.25, 0.3) is 0 Å². The number of ether oxygens (including phenoxy) is 1. The first-order valence-corrected chi connectivity index (χ1v) is 9.18. The molecule has 6 heteroatoms. The summed E-state index contributed by atoms with van der Waals surface area (Å²) in [5, 5.41) is 13.4. The zero-order chi connectivity index (χ0) is 17.3. The highest BCUT2D eigenvalue weighted by atomic mass is 32.2. The molecular weight excluding hydrogens is 332 g/mol. The Morgan fingerprint density at radius 1 is 1.12 bits per heavy atom. The molecule has 25 heavy (non-hydrogen) atoms. The first-order chi connectivity index (χ1) is 12.4. The van der Waals surface area contributed by atoms with E-state index in [-0.39, 0.29) is 0 Å². The normalized spacial score (nSPS) is 11.1. The summed E-state index contributed by atoms with van der Waals surface area (Å²) in [7, 11) is 0. The Balaban J connectivity index is 1.70. The number of aromatic nitrogens is 3. The van der Waals surface area contributed by atoms with Gasteiger partial charge in [-0.25, -0.2) is 0 Å². The van der Waals surface area contributed by atoms with Gasteiger partial charge >= 0.3 is 0 Å². The van der Waals surface area contributed by atoms with E-state index in [9.17, 15) is 0 Å². The van der Waals surface area contributed by atoms with Crippen LogP contribution < -0.4 is 4.74 Å². The molecule has 5 nitrogen and oxygen atoms in total. The second-order valence-electron chi connectivity index (χ2n) is 5.36. The van der Waals surface area contributed by atoms with E-state index in [1.807, 2.05) is 42.5 Å². The summed E-state index contributed by atoms with van der Waals surface area (Å²) in [6.07, 6.45) is 4.36. The van der Waals surface area contributed by atoms with Crippen molar-refractivity contribution in [2.24, 2.45) is 5.10 Å². The Morgan fingerprint density at radius 2 is 1.92 bits per heavy atom. The van der Waals surface area contributed by atoms with Crippen molar-refractivity contribution in [2.45, 2.75) is 24.3 Å². The SMILES string of the molecule is CCCOc1ccccc1/C=N\n1cnnc1SCc1ccccc1. The summed E-state index contributed by atoms with van der Waals surface area (Å²) in [6, 6.07) is 18.1. The summed E-state index contributed by atoms with van der Waals surface area (Å²) in [5.74, 6) is 1.66. The Kier molecular flexibility index (Phi) is 6.23. The van der Waals surface area contributed by atoms with Crippen LogP contribution in [0.15, 0.2) is 71.2 Å². The van der Waals surface area contributed by atoms with E-state index in [4.69, 9.17) is 4.74 Å². The predicted molar refractivity (Wildman–Crippen MR) is 101 cm³/mol. The highest BCUT2D eigenvalue weighted by Crippen LogP contribution is 2.21. The van der Waals surface area contributed by atoms with Gasteiger partial charge in [-0.3, -0.25) is 0 Å². The van der Waals surface area contributed by atoms with Crippen molar-refractivity contribution < 1.29 is 4.74 Å². The molecule has 0 saturated carbocycles. The molecule has 2 aromatic carbocycles. The molecule has 0 atom stereocenters. The molecule has 0 fully saturated rings. The van der Waals surface area contributed by atoms with Gasteiger partial charge in [0, 0.05) is 11.3 Å². The van der Waals surface area contributed by atoms with Crippen LogP contribution in [0.25, 0.3) is 0 Å². The largest absolute Gasteiger partial charge is 0.493 e. The monoisotopic (exact) mass is 352 g/mol. The third kappa shape index (κ3) is 4.93. The maximum Gasteiger partial charge on any atom is 0.212 e. The molecule has 1 aromatic heterocycles. The second kappa shape index (κ2) is 9.03. The van der Waals surface area contributed by atoms with Crippen LogP contribution in [0.3, 0.4) is 0 Å². The maximum atomic E-state index is 5.75. The number of nitrogens with zero attached hydrogens (tertiary/aromatic N) is 4. The minimum absolute atomic E-state index is 0.690. The molecule has 0 aliphatic heterocycles. The Morgan fingerprint density at radius 3 is 2.76 bits per heavy atom. The number of thioether (sulfide) groups is 1. The van der Waals surface area contributed by atoms with Crippen LogP contribution in [0.5, 0.6) is 5.75 Å². The molecule has 0 aliphatic carbocycles. The van der Waals surface area contributed by atoms with E-state index in [1.165, 1.54) is 5.56 Å². The highest BCUT2D eigenvalue weighted by Gasteiger charge is 2.05. The molecule has 1 heterocycles. The average Bonchev–Trinajstić information content (AvgIpc) is 3.12. The minimum atomic E-state index is 0.690.